The molecule has 1 nitrogen and oxygen atoms in total. The first kappa shape index (κ1) is 12.3. The van der Waals surface area contributed by atoms with E-state index in [-0.39, 0.29) is 20.8 Å². The summed E-state index contributed by atoms with van der Waals surface area (Å²) in [6.45, 7) is 0. The molecule has 0 N–H and O–H groups in total. The van der Waals surface area contributed by atoms with Crippen LogP contribution in [0.15, 0.2) is 46.9 Å². The van der Waals surface area contributed by atoms with Crippen molar-refractivity contribution in [2.24, 2.45) is 0 Å². The Balaban J connectivity index is 2.45. The first-order valence-electron chi connectivity index (χ1n) is 4.84. The quantitative estimate of drug-likeness (QED) is 0.590. The second kappa shape index (κ2) is 4.98. The van der Waals surface area contributed by atoms with Crippen molar-refractivity contribution in [3.05, 3.63) is 68.9 Å². The molecule has 0 saturated carbocycles. The highest BCUT2D eigenvalue weighted by atomic mass is 79.9. The molecule has 0 aliphatic carbocycles. The predicted molar refractivity (Wildman–Crippen MR) is 69.0 cm³/mol. The van der Waals surface area contributed by atoms with Gasteiger partial charge in [0, 0.05) is 11.1 Å². The van der Waals surface area contributed by atoms with Crippen LogP contribution in [-0.4, -0.2) is 5.78 Å². The molecule has 86 valence electrons. The summed E-state index contributed by atoms with van der Waals surface area (Å²) in [6.07, 6.45) is 0. The average Bonchev–Trinajstić information content (AvgIpc) is 2.35. The minimum atomic E-state index is -0.545. The summed E-state index contributed by atoms with van der Waals surface area (Å²) in [7, 11) is 0. The van der Waals surface area contributed by atoms with Crippen LogP contribution in [0.25, 0.3) is 0 Å². The van der Waals surface area contributed by atoms with Crippen molar-refractivity contribution in [2.45, 2.75) is 0 Å². The lowest BCUT2D eigenvalue weighted by Gasteiger charge is -2.04. The number of ketones is 1. The van der Waals surface area contributed by atoms with E-state index in [4.69, 9.17) is 11.6 Å². The van der Waals surface area contributed by atoms with E-state index >= 15 is 0 Å². The van der Waals surface area contributed by atoms with Gasteiger partial charge >= 0.3 is 0 Å². The lowest BCUT2D eigenvalue weighted by Crippen LogP contribution is -2.02. The molecule has 0 aliphatic rings. The van der Waals surface area contributed by atoms with E-state index in [0.717, 1.165) is 0 Å². The molecule has 0 saturated heterocycles. The minimum Gasteiger partial charge on any atom is -0.289 e. The van der Waals surface area contributed by atoms with Gasteiger partial charge in [-0.25, -0.2) is 4.39 Å². The number of carbonyl (C=O) groups excluding carboxylic acids is 1. The number of hydrogen-bond donors (Lipinski definition) is 0. The summed E-state index contributed by atoms with van der Waals surface area (Å²) in [6, 6.07) is 11.3. The molecule has 17 heavy (non-hydrogen) atoms. The van der Waals surface area contributed by atoms with Gasteiger partial charge in [-0.3, -0.25) is 4.79 Å². The SMILES string of the molecule is O=C(c1ccccc1)c1cc(F)c(Br)c(Cl)c1. The first-order valence-corrected chi connectivity index (χ1v) is 6.01. The van der Waals surface area contributed by atoms with E-state index < -0.39 is 5.82 Å². The highest BCUT2D eigenvalue weighted by Gasteiger charge is 2.13. The van der Waals surface area contributed by atoms with Crippen molar-refractivity contribution in [1.82, 2.24) is 0 Å². The van der Waals surface area contributed by atoms with Crippen LogP contribution >= 0.6 is 27.5 Å². The van der Waals surface area contributed by atoms with Gasteiger partial charge in [0.05, 0.1) is 9.50 Å². The van der Waals surface area contributed by atoms with Gasteiger partial charge < -0.3 is 0 Å². The number of benzene rings is 2. The number of rotatable bonds is 2. The van der Waals surface area contributed by atoms with Gasteiger partial charge in [0.25, 0.3) is 0 Å². The number of hydrogen-bond acceptors (Lipinski definition) is 1. The van der Waals surface area contributed by atoms with Crippen molar-refractivity contribution in [3.8, 4) is 0 Å². The Morgan fingerprint density at radius 1 is 1.12 bits per heavy atom. The molecule has 0 bridgehead atoms. The van der Waals surface area contributed by atoms with Crippen LogP contribution in [0.3, 0.4) is 0 Å². The third-order valence-electron chi connectivity index (χ3n) is 2.28. The minimum absolute atomic E-state index is 0.170. The third-order valence-corrected chi connectivity index (χ3v) is 3.61. The molecule has 0 aliphatic heterocycles. The zero-order valence-electron chi connectivity index (χ0n) is 8.58. The summed E-state index contributed by atoms with van der Waals surface area (Å²) in [5, 5.41) is 0.185. The molecular weight excluding hydrogens is 306 g/mol. The Bertz CT molecular complexity index is 546. The Morgan fingerprint density at radius 2 is 1.76 bits per heavy atom. The zero-order chi connectivity index (χ0) is 12.4. The first-order chi connectivity index (χ1) is 8.09. The maximum absolute atomic E-state index is 13.4. The van der Waals surface area contributed by atoms with Crippen LogP contribution in [0, 0.1) is 5.82 Å². The topological polar surface area (TPSA) is 17.1 Å². The third kappa shape index (κ3) is 2.56. The van der Waals surface area contributed by atoms with Crippen LogP contribution in [0.4, 0.5) is 4.39 Å². The molecule has 2 aromatic rings. The standard InChI is InChI=1S/C13H7BrClFO/c14-12-10(15)6-9(7-11(12)16)13(17)8-4-2-1-3-5-8/h1-7H. The highest BCUT2D eigenvalue weighted by Crippen LogP contribution is 2.27. The normalized spacial score (nSPS) is 10.3. The van der Waals surface area contributed by atoms with E-state index in [9.17, 15) is 9.18 Å². The molecule has 2 rings (SSSR count). The summed E-state index contributed by atoms with van der Waals surface area (Å²) in [4.78, 5) is 12.0. The summed E-state index contributed by atoms with van der Waals surface area (Å²) < 4.78 is 13.6. The van der Waals surface area contributed by atoms with Crippen molar-refractivity contribution in [1.29, 1.82) is 0 Å². The molecule has 0 radical (unpaired) electrons. The van der Waals surface area contributed by atoms with E-state index in [1.165, 1.54) is 12.1 Å². The molecule has 0 spiro atoms. The molecular formula is C13H7BrClFO. The Labute approximate surface area is 111 Å². The van der Waals surface area contributed by atoms with Gasteiger partial charge in [-0.15, -0.1) is 0 Å². The van der Waals surface area contributed by atoms with Crippen LogP contribution in [-0.2, 0) is 0 Å². The molecule has 0 aromatic heterocycles. The maximum Gasteiger partial charge on any atom is 0.193 e. The van der Waals surface area contributed by atoms with Gasteiger partial charge in [-0.1, -0.05) is 41.9 Å². The van der Waals surface area contributed by atoms with E-state index in [1.54, 1.807) is 24.3 Å². The zero-order valence-corrected chi connectivity index (χ0v) is 10.9. The number of carbonyl (C=O) groups is 1. The lowest BCUT2D eigenvalue weighted by molar-refractivity contribution is 0.103. The Kier molecular flexibility index (Phi) is 3.60. The number of halogens is 3. The fourth-order valence-electron chi connectivity index (χ4n) is 1.44. The van der Waals surface area contributed by atoms with Gasteiger partial charge in [-0.2, -0.15) is 0 Å². The summed E-state index contributed by atoms with van der Waals surface area (Å²) in [5.74, 6) is -0.796. The fraction of sp³-hybridized carbons (Fsp3) is 0. The highest BCUT2D eigenvalue weighted by molar-refractivity contribution is 9.10. The van der Waals surface area contributed by atoms with Gasteiger partial charge in [-0.05, 0) is 28.1 Å². The van der Waals surface area contributed by atoms with E-state index in [0.29, 0.717) is 5.56 Å². The summed E-state index contributed by atoms with van der Waals surface area (Å²) in [5.41, 5.74) is 0.743. The molecule has 4 heteroatoms. The molecule has 0 unspecified atom stereocenters. The molecule has 2 aromatic carbocycles. The maximum atomic E-state index is 13.4. The van der Waals surface area contributed by atoms with Crippen molar-refractivity contribution in [3.63, 3.8) is 0 Å². The summed E-state index contributed by atoms with van der Waals surface area (Å²) >= 11 is 8.81. The van der Waals surface area contributed by atoms with Gasteiger partial charge in [0.2, 0.25) is 0 Å². The molecule has 0 fully saturated rings. The Hall–Kier alpha value is -1.19. The van der Waals surface area contributed by atoms with Gasteiger partial charge in [0.15, 0.2) is 5.78 Å². The molecule has 0 heterocycles. The second-order valence-corrected chi connectivity index (χ2v) is 4.65. The Morgan fingerprint density at radius 3 is 2.35 bits per heavy atom. The largest absolute Gasteiger partial charge is 0.289 e. The van der Waals surface area contributed by atoms with E-state index in [1.807, 2.05) is 6.07 Å². The molecule has 0 atom stereocenters. The molecule has 0 amide bonds. The monoisotopic (exact) mass is 312 g/mol. The lowest BCUT2D eigenvalue weighted by atomic mass is 10.0. The van der Waals surface area contributed by atoms with Crippen molar-refractivity contribution < 1.29 is 9.18 Å². The van der Waals surface area contributed by atoms with E-state index in [2.05, 4.69) is 15.9 Å². The predicted octanol–water partition coefficient (Wildman–Crippen LogP) is 4.47. The van der Waals surface area contributed by atoms with Gasteiger partial charge in [0.1, 0.15) is 5.82 Å². The van der Waals surface area contributed by atoms with Crippen LogP contribution in [0.1, 0.15) is 15.9 Å². The second-order valence-electron chi connectivity index (χ2n) is 3.45. The van der Waals surface area contributed by atoms with Crippen molar-refractivity contribution in [2.75, 3.05) is 0 Å². The van der Waals surface area contributed by atoms with Crippen molar-refractivity contribution >= 4 is 33.3 Å². The van der Waals surface area contributed by atoms with Crippen LogP contribution in [0.5, 0.6) is 0 Å². The average molecular weight is 314 g/mol. The smallest absolute Gasteiger partial charge is 0.193 e. The van der Waals surface area contributed by atoms with Crippen LogP contribution in [0.2, 0.25) is 5.02 Å². The van der Waals surface area contributed by atoms with Crippen LogP contribution < -0.4 is 0 Å². The fourth-order valence-corrected chi connectivity index (χ4v) is 1.88.